The van der Waals surface area contributed by atoms with Crippen LogP contribution in [0.2, 0.25) is 0 Å². The van der Waals surface area contributed by atoms with Crippen LogP contribution in [0.1, 0.15) is 91.3 Å². The Morgan fingerprint density at radius 2 is 1.73 bits per heavy atom. The maximum Gasteiger partial charge on any atom is 0.408 e. The summed E-state index contributed by atoms with van der Waals surface area (Å²) in [5.74, 6) is 2.65. The molecular formula is C29H45N3O4S. The van der Waals surface area contributed by atoms with Gasteiger partial charge in [0.25, 0.3) is 0 Å². The van der Waals surface area contributed by atoms with Gasteiger partial charge in [-0.25, -0.2) is 4.79 Å². The molecule has 7 nitrogen and oxygen atoms in total. The van der Waals surface area contributed by atoms with Crippen LogP contribution in [-0.2, 0) is 14.3 Å². The number of rotatable bonds is 13. The molecule has 0 spiro atoms. The molecule has 0 aliphatic carbocycles. The van der Waals surface area contributed by atoms with E-state index in [9.17, 15) is 14.4 Å². The SMILES string of the molecule is C#Cc1ccc(C(C(=O)NCCCC)N(C(=O)C(CCSC)NC(=O)OC(C)(C)C)C(C)(C)CC)cc1. The number of benzene rings is 1. The van der Waals surface area contributed by atoms with Gasteiger partial charge in [-0.1, -0.05) is 38.3 Å². The van der Waals surface area contributed by atoms with Crippen LogP contribution < -0.4 is 10.6 Å². The molecule has 0 heterocycles. The second-order valence-corrected chi connectivity index (χ2v) is 11.7. The van der Waals surface area contributed by atoms with Crippen molar-refractivity contribution in [3.63, 3.8) is 0 Å². The normalized spacial score (nSPS) is 13.2. The first-order chi connectivity index (χ1) is 17.3. The van der Waals surface area contributed by atoms with Crippen LogP contribution in [0.5, 0.6) is 0 Å². The fourth-order valence-corrected chi connectivity index (χ4v) is 4.19. The third-order valence-corrected chi connectivity index (χ3v) is 6.73. The van der Waals surface area contributed by atoms with E-state index in [0.717, 1.165) is 12.8 Å². The molecule has 206 valence electrons. The van der Waals surface area contributed by atoms with Crippen molar-refractivity contribution < 1.29 is 19.1 Å². The molecule has 0 aliphatic rings. The lowest BCUT2D eigenvalue weighted by Gasteiger charge is -2.44. The van der Waals surface area contributed by atoms with Gasteiger partial charge < -0.3 is 20.3 Å². The first-order valence-corrected chi connectivity index (χ1v) is 14.4. The number of hydrogen-bond acceptors (Lipinski definition) is 5. The van der Waals surface area contributed by atoms with Gasteiger partial charge in [0, 0.05) is 17.6 Å². The quantitative estimate of drug-likeness (QED) is 0.267. The van der Waals surface area contributed by atoms with Crippen molar-refractivity contribution >= 4 is 29.7 Å². The van der Waals surface area contributed by atoms with Gasteiger partial charge in [0.1, 0.15) is 17.7 Å². The maximum absolute atomic E-state index is 14.3. The van der Waals surface area contributed by atoms with E-state index in [2.05, 4.69) is 23.5 Å². The molecule has 3 amide bonds. The highest BCUT2D eigenvalue weighted by Crippen LogP contribution is 2.33. The smallest absolute Gasteiger partial charge is 0.408 e. The van der Waals surface area contributed by atoms with E-state index < -0.39 is 29.3 Å². The van der Waals surface area contributed by atoms with Gasteiger partial charge >= 0.3 is 6.09 Å². The number of ether oxygens (including phenoxy) is 1. The Morgan fingerprint density at radius 1 is 1.11 bits per heavy atom. The Hall–Kier alpha value is -2.66. The molecule has 0 saturated carbocycles. The molecule has 8 heteroatoms. The second kappa shape index (κ2) is 14.9. The van der Waals surface area contributed by atoms with Gasteiger partial charge in [-0.15, -0.1) is 6.42 Å². The molecule has 0 radical (unpaired) electrons. The number of nitrogens with zero attached hydrogens (tertiary/aromatic N) is 1. The summed E-state index contributed by atoms with van der Waals surface area (Å²) in [6.45, 7) is 13.7. The minimum Gasteiger partial charge on any atom is -0.444 e. The van der Waals surface area contributed by atoms with Gasteiger partial charge in [0.2, 0.25) is 11.8 Å². The molecule has 2 N–H and O–H groups in total. The molecule has 0 aromatic heterocycles. The number of alkyl carbamates (subject to hydrolysis) is 1. The summed E-state index contributed by atoms with van der Waals surface area (Å²) >= 11 is 1.58. The summed E-state index contributed by atoms with van der Waals surface area (Å²) in [6.07, 6.45) is 9.58. The number of thioether (sulfide) groups is 1. The summed E-state index contributed by atoms with van der Waals surface area (Å²) in [5.41, 5.74) is -0.0586. The fourth-order valence-electron chi connectivity index (χ4n) is 3.72. The van der Waals surface area contributed by atoms with E-state index in [1.165, 1.54) is 0 Å². The molecule has 2 unspecified atom stereocenters. The van der Waals surface area contributed by atoms with Crippen molar-refractivity contribution in [1.29, 1.82) is 0 Å². The third kappa shape index (κ3) is 10.3. The fraction of sp³-hybridized carbons (Fsp3) is 0.621. The predicted octanol–water partition coefficient (Wildman–Crippen LogP) is 5.29. The van der Waals surface area contributed by atoms with Gasteiger partial charge in [-0.05, 0) is 83.6 Å². The Morgan fingerprint density at radius 3 is 2.22 bits per heavy atom. The van der Waals surface area contributed by atoms with Crippen LogP contribution >= 0.6 is 11.8 Å². The van der Waals surface area contributed by atoms with Crippen LogP contribution in [0.15, 0.2) is 24.3 Å². The number of nitrogens with one attached hydrogen (secondary N) is 2. The molecule has 2 atom stereocenters. The molecule has 0 saturated heterocycles. The van der Waals surface area contributed by atoms with Gasteiger partial charge in [-0.3, -0.25) is 9.59 Å². The van der Waals surface area contributed by atoms with Gasteiger partial charge in [0.15, 0.2) is 0 Å². The Kier molecular flexibility index (Phi) is 13.1. The van der Waals surface area contributed by atoms with Gasteiger partial charge in [0.05, 0.1) is 0 Å². The van der Waals surface area contributed by atoms with E-state index in [4.69, 9.17) is 11.2 Å². The third-order valence-electron chi connectivity index (χ3n) is 6.08. The summed E-state index contributed by atoms with van der Waals surface area (Å²) in [4.78, 5) is 42.2. The van der Waals surface area contributed by atoms with E-state index in [-0.39, 0.29) is 11.8 Å². The van der Waals surface area contributed by atoms with Crippen LogP contribution in [0, 0.1) is 12.3 Å². The Labute approximate surface area is 227 Å². The minimum absolute atomic E-state index is 0.266. The first-order valence-electron chi connectivity index (χ1n) is 13.0. The Bertz CT molecular complexity index is 932. The molecule has 1 aromatic rings. The average Bonchev–Trinajstić information content (AvgIpc) is 2.83. The van der Waals surface area contributed by atoms with E-state index >= 15 is 0 Å². The van der Waals surface area contributed by atoms with Crippen molar-refractivity contribution in [1.82, 2.24) is 15.5 Å². The van der Waals surface area contributed by atoms with Crippen molar-refractivity contribution in [2.45, 2.75) is 97.4 Å². The highest BCUT2D eigenvalue weighted by Gasteiger charge is 2.42. The molecular weight excluding hydrogens is 486 g/mol. The summed E-state index contributed by atoms with van der Waals surface area (Å²) in [6, 6.07) is 5.38. The van der Waals surface area contributed by atoms with Crippen LogP contribution in [0.3, 0.4) is 0 Å². The van der Waals surface area contributed by atoms with Gasteiger partial charge in [-0.2, -0.15) is 11.8 Å². The minimum atomic E-state index is -0.900. The second-order valence-electron chi connectivity index (χ2n) is 10.7. The summed E-state index contributed by atoms with van der Waals surface area (Å²) in [7, 11) is 0. The topological polar surface area (TPSA) is 87.7 Å². The number of hydrogen-bond donors (Lipinski definition) is 2. The van der Waals surface area contributed by atoms with Crippen molar-refractivity contribution in [3.8, 4) is 12.3 Å². The maximum atomic E-state index is 14.3. The number of unbranched alkanes of at least 4 members (excludes halogenated alkanes) is 1. The molecule has 37 heavy (non-hydrogen) atoms. The zero-order chi connectivity index (χ0) is 28.2. The number of carbonyl (C=O) groups is 3. The number of carbonyl (C=O) groups excluding carboxylic acids is 3. The molecule has 1 rings (SSSR count). The lowest BCUT2D eigenvalue weighted by Crippen LogP contribution is -2.59. The number of amides is 3. The van der Waals surface area contributed by atoms with Crippen LogP contribution in [0.25, 0.3) is 0 Å². The molecule has 0 fully saturated rings. The van der Waals surface area contributed by atoms with E-state index in [1.54, 1.807) is 61.7 Å². The summed E-state index contributed by atoms with van der Waals surface area (Å²) < 4.78 is 5.45. The first kappa shape index (κ1) is 32.4. The largest absolute Gasteiger partial charge is 0.444 e. The lowest BCUT2D eigenvalue weighted by molar-refractivity contribution is -0.149. The van der Waals surface area contributed by atoms with Crippen molar-refractivity contribution in [2.75, 3.05) is 18.6 Å². The zero-order valence-corrected chi connectivity index (χ0v) is 24.6. The van der Waals surface area contributed by atoms with E-state index in [0.29, 0.717) is 36.3 Å². The van der Waals surface area contributed by atoms with Crippen molar-refractivity contribution in [3.05, 3.63) is 35.4 Å². The highest BCUT2D eigenvalue weighted by atomic mass is 32.2. The zero-order valence-electron chi connectivity index (χ0n) is 23.8. The van der Waals surface area contributed by atoms with Crippen molar-refractivity contribution in [2.24, 2.45) is 0 Å². The molecule has 0 bridgehead atoms. The van der Waals surface area contributed by atoms with E-state index in [1.807, 2.05) is 27.0 Å². The number of terminal acetylenes is 1. The lowest BCUT2D eigenvalue weighted by atomic mass is 9.91. The van der Waals surface area contributed by atoms with Crippen LogP contribution in [0.4, 0.5) is 4.79 Å². The Balaban J connectivity index is 3.58. The van der Waals surface area contributed by atoms with Crippen LogP contribution in [-0.4, -0.2) is 58.5 Å². The molecule has 1 aromatic carbocycles. The monoisotopic (exact) mass is 531 g/mol. The average molecular weight is 532 g/mol. The standard InChI is InChI=1S/C29H45N3O4S/c1-10-13-19-30-25(33)24(22-16-14-21(11-2)15-17-22)32(29(7,8)12-3)26(34)23(18-20-37-9)31-27(35)36-28(4,5)6/h2,14-17,23-24H,10,12-13,18-20H2,1,3-9H3,(H,30,33)(H,31,35). The summed E-state index contributed by atoms with van der Waals surface area (Å²) in [5, 5.41) is 5.78. The predicted molar refractivity (Wildman–Crippen MR) is 152 cm³/mol. The highest BCUT2D eigenvalue weighted by molar-refractivity contribution is 7.98. The molecule has 0 aliphatic heterocycles.